The number of hydrogen-bond donors (Lipinski definition) is 1. The molecule has 0 aliphatic carbocycles. The van der Waals surface area contributed by atoms with Gasteiger partial charge in [0.1, 0.15) is 5.76 Å². The lowest BCUT2D eigenvalue weighted by atomic mass is 10.1. The number of methoxy groups -OCH3 is 1. The highest BCUT2D eigenvalue weighted by molar-refractivity contribution is 5.70. The highest BCUT2D eigenvalue weighted by Crippen LogP contribution is 2.13. The quantitative estimate of drug-likeness (QED) is 0.741. The molecule has 3 nitrogen and oxygen atoms in total. The fourth-order valence-corrected chi connectivity index (χ4v) is 1.10. The van der Waals surface area contributed by atoms with Crippen LogP contribution in [0.4, 0.5) is 0 Å². The van der Waals surface area contributed by atoms with Crippen molar-refractivity contribution in [3.63, 3.8) is 0 Å². The molecule has 1 aromatic rings. The number of hydrogen-bond acceptors (Lipinski definition) is 2. The van der Waals surface area contributed by atoms with E-state index in [0.717, 1.165) is 11.1 Å². The Kier molecular flexibility index (Phi) is 3.29. The predicted octanol–water partition coefficient (Wildman–Crippen LogP) is 1.93. The molecular weight excluding hydrogens is 180 g/mol. The van der Waals surface area contributed by atoms with E-state index >= 15 is 0 Å². The van der Waals surface area contributed by atoms with Gasteiger partial charge in [0, 0.05) is 5.56 Å². The molecule has 0 saturated carbocycles. The Bertz CT molecular complexity index is 338. The van der Waals surface area contributed by atoms with Crippen LogP contribution in [-0.4, -0.2) is 18.2 Å². The summed E-state index contributed by atoms with van der Waals surface area (Å²) in [5.74, 6) is -0.254. The lowest BCUT2D eigenvalue weighted by Crippen LogP contribution is -1.99. The number of carboxylic acids is 1. The molecule has 0 radical (unpaired) electrons. The van der Waals surface area contributed by atoms with Crippen molar-refractivity contribution >= 4 is 11.7 Å². The second kappa shape index (κ2) is 4.46. The summed E-state index contributed by atoms with van der Waals surface area (Å²) < 4.78 is 4.95. The molecule has 0 heterocycles. The van der Waals surface area contributed by atoms with Gasteiger partial charge in [-0.25, -0.2) is 0 Å². The topological polar surface area (TPSA) is 46.5 Å². The zero-order valence-corrected chi connectivity index (χ0v) is 7.99. The van der Waals surface area contributed by atoms with Crippen LogP contribution in [0.1, 0.15) is 11.1 Å². The van der Waals surface area contributed by atoms with Crippen LogP contribution in [0.5, 0.6) is 0 Å². The Hall–Kier alpha value is -1.77. The average Bonchev–Trinajstić information content (AvgIpc) is 2.17. The van der Waals surface area contributed by atoms with Crippen molar-refractivity contribution in [3.8, 4) is 0 Å². The summed E-state index contributed by atoms with van der Waals surface area (Å²) in [4.78, 5) is 10.4. The molecule has 1 rings (SSSR count). The molecule has 0 fully saturated rings. The van der Waals surface area contributed by atoms with E-state index in [0.29, 0.717) is 5.76 Å². The standard InChI is InChI=1S/C11H12O3/c1-8(14-2)10-5-3-9(4-6-10)7-11(12)13/h3-6H,1,7H2,2H3,(H,12,13). The summed E-state index contributed by atoms with van der Waals surface area (Å²) in [6, 6.07) is 7.11. The number of carbonyl (C=O) groups is 1. The Morgan fingerprint density at radius 3 is 2.43 bits per heavy atom. The maximum Gasteiger partial charge on any atom is 0.307 e. The maximum absolute atomic E-state index is 10.4. The van der Waals surface area contributed by atoms with Crippen molar-refractivity contribution in [2.24, 2.45) is 0 Å². The van der Waals surface area contributed by atoms with Crippen LogP contribution >= 0.6 is 0 Å². The van der Waals surface area contributed by atoms with Gasteiger partial charge in [0.2, 0.25) is 0 Å². The van der Waals surface area contributed by atoms with Gasteiger partial charge in [0.15, 0.2) is 0 Å². The maximum atomic E-state index is 10.4. The Morgan fingerprint density at radius 1 is 1.43 bits per heavy atom. The Morgan fingerprint density at radius 2 is 2.00 bits per heavy atom. The molecule has 0 aliphatic rings. The molecule has 0 bridgehead atoms. The Labute approximate surface area is 82.6 Å². The molecule has 0 aliphatic heterocycles. The molecule has 14 heavy (non-hydrogen) atoms. The number of rotatable bonds is 4. The van der Waals surface area contributed by atoms with Gasteiger partial charge >= 0.3 is 5.97 Å². The highest BCUT2D eigenvalue weighted by Gasteiger charge is 2.01. The summed E-state index contributed by atoms with van der Waals surface area (Å²) in [6.45, 7) is 3.70. The van der Waals surface area contributed by atoms with E-state index in [-0.39, 0.29) is 6.42 Å². The van der Waals surface area contributed by atoms with Gasteiger partial charge in [-0.3, -0.25) is 4.79 Å². The highest BCUT2D eigenvalue weighted by atomic mass is 16.5. The normalized spacial score (nSPS) is 9.50. The van der Waals surface area contributed by atoms with Crippen LogP contribution in [0.3, 0.4) is 0 Å². The van der Waals surface area contributed by atoms with E-state index in [4.69, 9.17) is 9.84 Å². The first-order valence-corrected chi connectivity index (χ1v) is 4.17. The van der Waals surface area contributed by atoms with Crippen LogP contribution < -0.4 is 0 Å². The summed E-state index contributed by atoms with van der Waals surface area (Å²) in [5.41, 5.74) is 1.63. The first-order chi connectivity index (χ1) is 6.63. The van der Waals surface area contributed by atoms with Crippen LogP contribution in [0.2, 0.25) is 0 Å². The molecule has 0 spiro atoms. The predicted molar refractivity (Wildman–Crippen MR) is 53.8 cm³/mol. The molecule has 1 N–H and O–H groups in total. The van der Waals surface area contributed by atoms with Gasteiger partial charge in [0.05, 0.1) is 13.5 Å². The summed E-state index contributed by atoms with van der Waals surface area (Å²) in [5, 5.41) is 8.55. The fourth-order valence-electron chi connectivity index (χ4n) is 1.10. The number of aliphatic carboxylic acids is 1. The second-order valence-corrected chi connectivity index (χ2v) is 2.89. The minimum Gasteiger partial charge on any atom is -0.497 e. The van der Waals surface area contributed by atoms with E-state index in [1.54, 1.807) is 31.4 Å². The van der Waals surface area contributed by atoms with Gasteiger partial charge in [-0.1, -0.05) is 30.8 Å². The zero-order valence-electron chi connectivity index (χ0n) is 7.99. The van der Waals surface area contributed by atoms with Crippen LogP contribution in [-0.2, 0) is 16.0 Å². The van der Waals surface area contributed by atoms with Gasteiger partial charge in [-0.2, -0.15) is 0 Å². The van der Waals surface area contributed by atoms with Crippen molar-refractivity contribution in [2.75, 3.05) is 7.11 Å². The third kappa shape index (κ3) is 2.62. The van der Waals surface area contributed by atoms with Gasteiger partial charge in [0.25, 0.3) is 0 Å². The van der Waals surface area contributed by atoms with E-state index < -0.39 is 5.97 Å². The van der Waals surface area contributed by atoms with Gasteiger partial charge < -0.3 is 9.84 Å². The minimum atomic E-state index is -0.830. The lowest BCUT2D eigenvalue weighted by Gasteiger charge is -2.04. The minimum absolute atomic E-state index is 0.0414. The lowest BCUT2D eigenvalue weighted by molar-refractivity contribution is -0.136. The van der Waals surface area contributed by atoms with Crippen molar-refractivity contribution in [1.29, 1.82) is 0 Å². The van der Waals surface area contributed by atoms with Gasteiger partial charge in [-0.15, -0.1) is 0 Å². The largest absolute Gasteiger partial charge is 0.497 e. The van der Waals surface area contributed by atoms with Crippen molar-refractivity contribution in [1.82, 2.24) is 0 Å². The fraction of sp³-hybridized carbons (Fsp3) is 0.182. The van der Waals surface area contributed by atoms with E-state index in [1.165, 1.54) is 0 Å². The van der Waals surface area contributed by atoms with E-state index in [2.05, 4.69) is 6.58 Å². The van der Waals surface area contributed by atoms with Gasteiger partial charge in [-0.05, 0) is 5.56 Å². The monoisotopic (exact) mass is 192 g/mol. The first kappa shape index (κ1) is 10.3. The van der Waals surface area contributed by atoms with Crippen molar-refractivity contribution < 1.29 is 14.6 Å². The van der Waals surface area contributed by atoms with Crippen molar-refractivity contribution in [2.45, 2.75) is 6.42 Å². The Balaban J connectivity index is 2.78. The number of carboxylic acid groups (broad SMARTS) is 1. The average molecular weight is 192 g/mol. The molecule has 3 heteroatoms. The van der Waals surface area contributed by atoms with Crippen LogP contribution in [0.25, 0.3) is 5.76 Å². The molecule has 0 amide bonds. The third-order valence-corrected chi connectivity index (χ3v) is 1.88. The van der Waals surface area contributed by atoms with Crippen molar-refractivity contribution in [3.05, 3.63) is 42.0 Å². The van der Waals surface area contributed by atoms with Crippen LogP contribution in [0, 0.1) is 0 Å². The number of benzene rings is 1. The third-order valence-electron chi connectivity index (χ3n) is 1.88. The molecule has 0 atom stereocenters. The summed E-state index contributed by atoms with van der Waals surface area (Å²) in [6.07, 6.45) is 0.0414. The first-order valence-electron chi connectivity index (χ1n) is 4.17. The van der Waals surface area contributed by atoms with E-state index in [1.807, 2.05) is 0 Å². The molecule has 0 unspecified atom stereocenters. The zero-order chi connectivity index (χ0) is 10.6. The molecule has 74 valence electrons. The SMILES string of the molecule is C=C(OC)c1ccc(CC(=O)O)cc1. The number of ether oxygens (including phenoxy) is 1. The molecule has 0 saturated heterocycles. The molecule has 0 aromatic heterocycles. The van der Waals surface area contributed by atoms with E-state index in [9.17, 15) is 4.79 Å². The molecule has 1 aromatic carbocycles. The summed E-state index contributed by atoms with van der Waals surface area (Å²) in [7, 11) is 1.55. The smallest absolute Gasteiger partial charge is 0.307 e. The summed E-state index contributed by atoms with van der Waals surface area (Å²) >= 11 is 0. The molecular formula is C11H12O3. The van der Waals surface area contributed by atoms with Crippen LogP contribution in [0.15, 0.2) is 30.8 Å². The second-order valence-electron chi connectivity index (χ2n) is 2.89.